The van der Waals surface area contributed by atoms with Gasteiger partial charge in [-0.15, -0.1) is 0 Å². The van der Waals surface area contributed by atoms with Gasteiger partial charge < -0.3 is 5.11 Å². The molecule has 2 aliphatic rings. The molecule has 1 N–H and O–H groups in total. The number of hydrogen-bond donors (Lipinski definition) is 1. The Morgan fingerprint density at radius 1 is 0.857 bits per heavy atom. The Hall–Kier alpha value is -0.530. The van der Waals surface area contributed by atoms with Gasteiger partial charge in [-0.3, -0.25) is 4.79 Å². The summed E-state index contributed by atoms with van der Waals surface area (Å²) in [5, 5.41) is 8.90. The monoisotopic (exact) mass is 294 g/mol. The highest BCUT2D eigenvalue weighted by molar-refractivity contribution is 5.67. The van der Waals surface area contributed by atoms with Crippen LogP contribution in [0, 0.1) is 23.7 Å². The summed E-state index contributed by atoms with van der Waals surface area (Å²) in [6, 6.07) is 0. The van der Waals surface area contributed by atoms with Crippen molar-refractivity contribution in [2.75, 3.05) is 0 Å². The van der Waals surface area contributed by atoms with E-state index in [0.29, 0.717) is 12.3 Å². The fourth-order valence-electron chi connectivity index (χ4n) is 4.74. The molecule has 2 rings (SSSR count). The lowest BCUT2D eigenvalue weighted by Gasteiger charge is -2.37. The van der Waals surface area contributed by atoms with E-state index in [1.54, 1.807) is 0 Å². The minimum Gasteiger partial charge on any atom is -0.481 e. The smallest absolute Gasteiger partial charge is 0.303 e. The molecule has 0 aromatic rings. The van der Waals surface area contributed by atoms with Gasteiger partial charge in [0.05, 0.1) is 0 Å². The summed E-state index contributed by atoms with van der Waals surface area (Å²) in [5.74, 6) is 2.73. The van der Waals surface area contributed by atoms with Gasteiger partial charge >= 0.3 is 5.97 Å². The van der Waals surface area contributed by atoms with E-state index < -0.39 is 5.97 Å². The minimum absolute atomic E-state index is 0.400. The van der Waals surface area contributed by atoms with E-state index >= 15 is 0 Å². The molecule has 0 aliphatic heterocycles. The van der Waals surface area contributed by atoms with Crippen LogP contribution in [0.2, 0.25) is 0 Å². The first-order valence-corrected chi connectivity index (χ1v) is 9.40. The van der Waals surface area contributed by atoms with Gasteiger partial charge in [-0.2, -0.15) is 0 Å². The van der Waals surface area contributed by atoms with E-state index in [0.717, 1.165) is 30.6 Å². The van der Waals surface area contributed by atoms with Crippen LogP contribution in [0.5, 0.6) is 0 Å². The second kappa shape index (κ2) is 8.80. The number of hydrogen-bond acceptors (Lipinski definition) is 1. The molecule has 2 heteroatoms. The van der Waals surface area contributed by atoms with Crippen molar-refractivity contribution in [1.29, 1.82) is 0 Å². The van der Waals surface area contributed by atoms with E-state index in [2.05, 4.69) is 6.92 Å². The van der Waals surface area contributed by atoms with Crippen LogP contribution in [-0.4, -0.2) is 11.1 Å². The molecule has 0 unspecified atom stereocenters. The molecular formula is C19H34O2. The first kappa shape index (κ1) is 16.8. The Labute approximate surface area is 130 Å². The van der Waals surface area contributed by atoms with Gasteiger partial charge in [-0.1, -0.05) is 45.4 Å². The van der Waals surface area contributed by atoms with Gasteiger partial charge in [0, 0.05) is 6.42 Å². The number of aliphatic carboxylic acids is 1. The molecule has 0 atom stereocenters. The maximum atomic E-state index is 10.8. The van der Waals surface area contributed by atoms with E-state index in [1.165, 1.54) is 64.2 Å². The average Bonchev–Trinajstić information content (AvgIpc) is 2.49. The highest BCUT2D eigenvalue weighted by Gasteiger charge is 2.31. The van der Waals surface area contributed by atoms with Crippen LogP contribution in [-0.2, 0) is 4.79 Å². The van der Waals surface area contributed by atoms with Gasteiger partial charge in [0.25, 0.3) is 0 Å². The van der Waals surface area contributed by atoms with Gasteiger partial charge in [0.15, 0.2) is 0 Å². The van der Waals surface area contributed by atoms with Crippen LogP contribution in [0.4, 0.5) is 0 Å². The Morgan fingerprint density at radius 3 is 1.86 bits per heavy atom. The van der Waals surface area contributed by atoms with Crippen LogP contribution in [0.3, 0.4) is 0 Å². The van der Waals surface area contributed by atoms with E-state index in [9.17, 15) is 4.79 Å². The standard InChI is InChI=1S/C19H34O2/c1-2-3-4-5-15-6-10-17(11-7-15)18-12-8-16(9-13-18)14-19(20)21/h15-18H,2-14H2,1H3,(H,20,21)/t15-,16-,17-,18-. The fourth-order valence-corrected chi connectivity index (χ4v) is 4.74. The van der Waals surface area contributed by atoms with Crippen molar-refractivity contribution < 1.29 is 9.90 Å². The maximum absolute atomic E-state index is 10.8. The Kier molecular flexibility index (Phi) is 7.06. The largest absolute Gasteiger partial charge is 0.481 e. The molecule has 0 aromatic carbocycles. The lowest BCUT2D eigenvalue weighted by Crippen LogP contribution is -2.26. The minimum atomic E-state index is -0.606. The summed E-state index contributed by atoms with van der Waals surface area (Å²) < 4.78 is 0. The number of rotatable bonds is 7. The third-order valence-electron chi connectivity index (χ3n) is 6.13. The Morgan fingerprint density at radius 2 is 1.38 bits per heavy atom. The lowest BCUT2D eigenvalue weighted by atomic mass is 9.68. The maximum Gasteiger partial charge on any atom is 0.303 e. The molecule has 2 fully saturated rings. The molecule has 2 saturated carbocycles. The summed E-state index contributed by atoms with van der Waals surface area (Å²) in [6.45, 7) is 2.29. The van der Waals surface area contributed by atoms with Crippen molar-refractivity contribution in [2.24, 2.45) is 23.7 Å². The van der Waals surface area contributed by atoms with Crippen LogP contribution < -0.4 is 0 Å². The van der Waals surface area contributed by atoms with Crippen LogP contribution >= 0.6 is 0 Å². The van der Waals surface area contributed by atoms with Crippen LogP contribution in [0.25, 0.3) is 0 Å². The Bertz CT molecular complexity index is 297. The summed E-state index contributed by atoms with van der Waals surface area (Å²) in [4.78, 5) is 10.8. The third kappa shape index (κ3) is 5.64. The third-order valence-corrected chi connectivity index (χ3v) is 6.13. The molecule has 0 radical (unpaired) electrons. The molecule has 122 valence electrons. The zero-order chi connectivity index (χ0) is 15.1. The number of carboxylic acids is 1. The molecular weight excluding hydrogens is 260 g/mol. The second-order valence-electron chi connectivity index (χ2n) is 7.66. The van der Waals surface area contributed by atoms with Crippen LogP contribution in [0.15, 0.2) is 0 Å². The van der Waals surface area contributed by atoms with Crippen molar-refractivity contribution in [3.05, 3.63) is 0 Å². The predicted molar refractivity (Wildman–Crippen MR) is 87.3 cm³/mol. The van der Waals surface area contributed by atoms with Crippen LogP contribution in [0.1, 0.15) is 90.4 Å². The number of carbonyl (C=O) groups is 1. The molecule has 2 nitrogen and oxygen atoms in total. The summed E-state index contributed by atoms with van der Waals surface area (Å²) in [7, 11) is 0. The van der Waals surface area contributed by atoms with Gasteiger partial charge in [-0.25, -0.2) is 0 Å². The normalized spacial score (nSPS) is 33.8. The van der Waals surface area contributed by atoms with Crippen molar-refractivity contribution in [2.45, 2.75) is 90.4 Å². The zero-order valence-corrected chi connectivity index (χ0v) is 13.9. The summed E-state index contributed by atoms with van der Waals surface area (Å²) in [6.07, 6.45) is 16.8. The molecule has 0 amide bonds. The highest BCUT2D eigenvalue weighted by atomic mass is 16.4. The second-order valence-corrected chi connectivity index (χ2v) is 7.66. The molecule has 0 saturated heterocycles. The topological polar surface area (TPSA) is 37.3 Å². The zero-order valence-electron chi connectivity index (χ0n) is 13.9. The van der Waals surface area contributed by atoms with Gasteiger partial charge in [0.1, 0.15) is 0 Å². The first-order valence-electron chi connectivity index (χ1n) is 9.40. The van der Waals surface area contributed by atoms with Crippen molar-refractivity contribution >= 4 is 5.97 Å². The van der Waals surface area contributed by atoms with E-state index in [1.807, 2.05) is 0 Å². The Balaban J connectivity index is 1.63. The summed E-state index contributed by atoms with van der Waals surface area (Å²) in [5.41, 5.74) is 0. The van der Waals surface area contributed by atoms with E-state index in [-0.39, 0.29) is 0 Å². The molecule has 0 spiro atoms. The SMILES string of the molecule is CCCCC[C@H]1CC[C@H]([C@H]2CC[C@H](CC(=O)O)CC2)CC1. The number of carboxylic acid groups (broad SMARTS) is 1. The molecule has 0 heterocycles. The van der Waals surface area contributed by atoms with Gasteiger partial charge in [-0.05, 0) is 62.2 Å². The highest BCUT2D eigenvalue weighted by Crippen LogP contribution is 2.42. The predicted octanol–water partition coefficient (Wildman–Crippen LogP) is 5.65. The molecule has 0 aromatic heterocycles. The first-order chi connectivity index (χ1) is 10.2. The van der Waals surface area contributed by atoms with Crippen molar-refractivity contribution in [3.63, 3.8) is 0 Å². The molecule has 0 bridgehead atoms. The van der Waals surface area contributed by atoms with Crippen molar-refractivity contribution in [3.8, 4) is 0 Å². The summed E-state index contributed by atoms with van der Waals surface area (Å²) >= 11 is 0. The molecule has 21 heavy (non-hydrogen) atoms. The number of unbranched alkanes of at least 4 members (excludes halogenated alkanes) is 2. The fraction of sp³-hybridized carbons (Fsp3) is 0.947. The quantitative estimate of drug-likeness (QED) is 0.616. The molecule has 2 aliphatic carbocycles. The lowest BCUT2D eigenvalue weighted by molar-refractivity contribution is -0.138. The van der Waals surface area contributed by atoms with Crippen molar-refractivity contribution in [1.82, 2.24) is 0 Å². The average molecular weight is 294 g/mol. The van der Waals surface area contributed by atoms with E-state index in [4.69, 9.17) is 5.11 Å². The van der Waals surface area contributed by atoms with Gasteiger partial charge in [0.2, 0.25) is 0 Å².